The molecule has 19 heavy (non-hydrogen) atoms. The summed E-state index contributed by atoms with van der Waals surface area (Å²) >= 11 is 3.21. The Balaban J connectivity index is 1.86. The highest BCUT2D eigenvalue weighted by Gasteiger charge is 2.27. The highest BCUT2D eigenvalue weighted by Crippen LogP contribution is 2.23. The smallest absolute Gasteiger partial charge is 0.289 e. The van der Waals surface area contributed by atoms with Crippen molar-refractivity contribution in [2.75, 3.05) is 6.54 Å². The van der Waals surface area contributed by atoms with E-state index in [0.717, 1.165) is 17.8 Å². The van der Waals surface area contributed by atoms with Gasteiger partial charge in [0.25, 0.3) is 5.91 Å². The number of aromatic nitrogens is 2. The first-order valence-electron chi connectivity index (χ1n) is 6.12. The van der Waals surface area contributed by atoms with Gasteiger partial charge in [-0.1, -0.05) is 0 Å². The number of carbonyl (C=O) groups excluding carboxylic acids is 1. The molecule has 3 rings (SSSR count). The molecule has 6 heteroatoms. The fraction of sp³-hybridized carbons (Fsp3) is 0.385. The molecule has 1 amide bonds. The van der Waals surface area contributed by atoms with Crippen LogP contribution in [0.5, 0.6) is 0 Å². The summed E-state index contributed by atoms with van der Waals surface area (Å²) in [6.07, 6.45) is 0.850. The molecule has 0 spiro atoms. The van der Waals surface area contributed by atoms with Crippen molar-refractivity contribution in [3.8, 4) is 0 Å². The molecule has 0 unspecified atom stereocenters. The van der Waals surface area contributed by atoms with E-state index in [1.54, 1.807) is 17.0 Å². The first-order valence-corrected chi connectivity index (χ1v) is 6.91. The Morgan fingerprint density at radius 2 is 2.26 bits per heavy atom. The molecule has 5 nitrogen and oxygen atoms in total. The quantitative estimate of drug-likeness (QED) is 0.809. The van der Waals surface area contributed by atoms with Crippen LogP contribution < -0.4 is 0 Å². The lowest BCUT2D eigenvalue weighted by Gasteiger charge is -2.26. The second kappa shape index (κ2) is 4.52. The van der Waals surface area contributed by atoms with Gasteiger partial charge in [-0.2, -0.15) is 5.10 Å². The molecular weight excluding hydrogens is 310 g/mol. The van der Waals surface area contributed by atoms with E-state index in [1.165, 1.54) is 5.56 Å². The number of halogens is 1. The van der Waals surface area contributed by atoms with Gasteiger partial charge in [0, 0.05) is 13.6 Å². The van der Waals surface area contributed by atoms with Gasteiger partial charge < -0.3 is 9.32 Å². The largest absolute Gasteiger partial charge is 0.444 e. The number of hydrogen-bond donors (Lipinski definition) is 0. The molecule has 2 aromatic heterocycles. The monoisotopic (exact) mass is 323 g/mol. The topological polar surface area (TPSA) is 51.3 Å². The van der Waals surface area contributed by atoms with E-state index in [9.17, 15) is 4.79 Å². The van der Waals surface area contributed by atoms with Crippen molar-refractivity contribution in [3.05, 3.63) is 39.5 Å². The van der Waals surface area contributed by atoms with Crippen molar-refractivity contribution in [2.24, 2.45) is 7.05 Å². The number of amides is 1. The Hall–Kier alpha value is -1.56. The van der Waals surface area contributed by atoms with Gasteiger partial charge in [-0.25, -0.2) is 0 Å². The molecule has 0 aromatic carbocycles. The maximum absolute atomic E-state index is 12.3. The van der Waals surface area contributed by atoms with Crippen molar-refractivity contribution in [1.29, 1.82) is 0 Å². The van der Waals surface area contributed by atoms with Gasteiger partial charge in [0.2, 0.25) is 0 Å². The summed E-state index contributed by atoms with van der Waals surface area (Å²) in [6.45, 7) is 3.31. The standard InChI is InChI=1S/C13H14BrN3O2/c1-8-9-5-6-17(7-10(9)16(2)15-8)13(18)11-3-4-12(14)19-11/h3-4H,5-7H2,1-2H3. The van der Waals surface area contributed by atoms with E-state index in [1.807, 2.05) is 18.7 Å². The van der Waals surface area contributed by atoms with E-state index >= 15 is 0 Å². The van der Waals surface area contributed by atoms with Gasteiger partial charge >= 0.3 is 0 Å². The third kappa shape index (κ3) is 2.10. The van der Waals surface area contributed by atoms with E-state index in [4.69, 9.17) is 4.42 Å². The Morgan fingerprint density at radius 1 is 1.47 bits per heavy atom. The van der Waals surface area contributed by atoms with Gasteiger partial charge in [-0.3, -0.25) is 9.48 Å². The van der Waals surface area contributed by atoms with Crippen LogP contribution in [0.25, 0.3) is 0 Å². The van der Waals surface area contributed by atoms with Crippen LogP contribution in [-0.2, 0) is 20.0 Å². The van der Waals surface area contributed by atoms with Crippen molar-refractivity contribution in [2.45, 2.75) is 19.9 Å². The predicted octanol–water partition coefficient (Wildman–Crippen LogP) is 2.28. The second-order valence-corrected chi connectivity index (χ2v) is 5.50. The number of carbonyl (C=O) groups is 1. The Morgan fingerprint density at radius 3 is 2.95 bits per heavy atom. The SMILES string of the molecule is Cc1nn(C)c2c1CCN(C(=O)c1ccc(Br)o1)C2. The van der Waals surface area contributed by atoms with Crippen LogP contribution >= 0.6 is 15.9 Å². The first-order chi connectivity index (χ1) is 9.06. The number of hydrogen-bond acceptors (Lipinski definition) is 3. The first kappa shape index (κ1) is 12.5. The number of rotatable bonds is 1. The van der Waals surface area contributed by atoms with Gasteiger partial charge in [0.15, 0.2) is 10.4 Å². The third-order valence-electron chi connectivity index (χ3n) is 3.52. The van der Waals surface area contributed by atoms with Crippen molar-refractivity contribution in [3.63, 3.8) is 0 Å². The van der Waals surface area contributed by atoms with Crippen LogP contribution in [0.15, 0.2) is 21.2 Å². The van der Waals surface area contributed by atoms with Crippen LogP contribution in [0, 0.1) is 6.92 Å². The Labute approximate surface area is 119 Å². The molecule has 0 fully saturated rings. The number of aryl methyl sites for hydroxylation is 2. The molecular formula is C13H14BrN3O2. The minimum atomic E-state index is -0.0739. The van der Waals surface area contributed by atoms with E-state index in [0.29, 0.717) is 23.5 Å². The zero-order valence-corrected chi connectivity index (χ0v) is 12.4. The van der Waals surface area contributed by atoms with Crippen LogP contribution in [0.4, 0.5) is 0 Å². The van der Waals surface area contributed by atoms with Crippen LogP contribution in [-0.4, -0.2) is 27.1 Å². The summed E-state index contributed by atoms with van der Waals surface area (Å²) in [5.41, 5.74) is 3.44. The van der Waals surface area contributed by atoms with Crippen LogP contribution in [0.3, 0.4) is 0 Å². The minimum absolute atomic E-state index is 0.0739. The fourth-order valence-corrected chi connectivity index (χ4v) is 2.84. The van der Waals surface area contributed by atoms with E-state index < -0.39 is 0 Å². The zero-order chi connectivity index (χ0) is 13.6. The summed E-state index contributed by atoms with van der Waals surface area (Å²) in [7, 11) is 1.92. The minimum Gasteiger partial charge on any atom is -0.444 e. The molecule has 0 atom stereocenters. The Kier molecular flexibility index (Phi) is 2.97. The number of fused-ring (bicyclic) bond motifs is 1. The summed E-state index contributed by atoms with van der Waals surface area (Å²) in [4.78, 5) is 14.1. The Bertz CT molecular complexity index is 644. The van der Waals surface area contributed by atoms with Crippen molar-refractivity contribution in [1.82, 2.24) is 14.7 Å². The van der Waals surface area contributed by atoms with E-state index in [-0.39, 0.29) is 5.91 Å². The normalized spacial score (nSPS) is 14.6. The van der Waals surface area contributed by atoms with Gasteiger partial charge in [0.05, 0.1) is 17.9 Å². The summed E-state index contributed by atoms with van der Waals surface area (Å²) in [6, 6.07) is 3.42. The lowest BCUT2D eigenvalue weighted by atomic mass is 10.0. The third-order valence-corrected chi connectivity index (χ3v) is 3.95. The molecule has 0 bridgehead atoms. The van der Waals surface area contributed by atoms with Gasteiger partial charge in [0.1, 0.15) is 0 Å². The molecule has 0 saturated heterocycles. The average Bonchev–Trinajstić information content (AvgIpc) is 2.94. The average molecular weight is 324 g/mol. The lowest BCUT2D eigenvalue weighted by Crippen LogP contribution is -2.36. The van der Waals surface area contributed by atoms with Crippen LogP contribution in [0.2, 0.25) is 0 Å². The van der Waals surface area contributed by atoms with Gasteiger partial charge in [-0.05, 0) is 47.0 Å². The van der Waals surface area contributed by atoms with Crippen molar-refractivity contribution < 1.29 is 9.21 Å². The molecule has 1 aliphatic rings. The number of nitrogens with zero attached hydrogens (tertiary/aromatic N) is 3. The second-order valence-electron chi connectivity index (χ2n) is 4.71. The fourth-order valence-electron chi connectivity index (χ4n) is 2.54. The van der Waals surface area contributed by atoms with E-state index in [2.05, 4.69) is 21.0 Å². The highest BCUT2D eigenvalue weighted by atomic mass is 79.9. The lowest BCUT2D eigenvalue weighted by molar-refractivity contribution is 0.0696. The van der Waals surface area contributed by atoms with Gasteiger partial charge in [-0.15, -0.1) is 0 Å². The van der Waals surface area contributed by atoms with Crippen LogP contribution in [0.1, 0.15) is 27.5 Å². The molecule has 0 N–H and O–H groups in total. The summed E-state index contributed by atoms with van der Waals surface area (Å²) < 4.78 is 7.76. The number of furan rings is 1. The summed E-state index contributed by atoms with van der Waals surface area (Å²) in [5.74, 6) is 0.296. The summed E-state index contributed by atoms with van der Waals surface area (Å²) in [5, 5.41) is 4.41. The maximum Gasteiger partial charge on any atom is 0.289 e. The molecule has 100 valence electrons. The highest BCUT2D eigenvalue weighted by molar-refractivity contribution is 9.10. The predicted molar refractivity (Wildman–Crippen MR) is 72.8 cm³/mol. The molecule has 2 aromatic rings. The molecule has 0 saturated carbocycles. The van der Waals surface area contributed by atoms with Crippen molar-refractivity contribution >= 4 is 21.8 Å². The molecule has 0 radical (unpaired) electrons. The molecule has 1 aliphatic heterocycles. The maximum atomic E-state index is 12.3. The molecule has 3 heterocycles. The molecule has 0 aliphatic carbocycles. The zero-order valence-electron chi connectivity index (χ0n) is 10.8.